The van der Waals surface area contributed by atoms with Crippen molar-refractivity contribution in [3.8, 4) is 0 Å². The Bertz CT molecular complexity index is 924. The quantitative estimate of drug-likeness (QED) is 0.549. The number of imidazole rings is 1. The fraction of sp³-hybridized carbons (Fsp3) is 0.684. The van der Waals surface area contributed by atoms with Gasteiger partial charge in [0.2, 0.25) is 5.91 Å². The average molecular weight is 393 g/mol. The molecule has 9 heteroatoms. The molecule has 0 radical (unpaired) electrons. The number of unbranched alkanes of at least 4 members (excludes halogenated alkanes) is 1. The summed E-state index contributed by atoms with van der Waals surface area (Å²) in [5.74, 6) is 0.802. The van der Waals surface area contributed by atoms with Gasteiger partial charge in [-0.05, 0) is 19.3 Å². The maximum absolute atomic E-state index is 12.5. The number of nitrogens with two attached hydrogens (primary N) is 1. The van der Waals surface area contributed by atoms with E-state index in [2.05, 4.69) is 15.3 Å². The summed E-state index contributed by atoms with van der Waals surface area (Å²) in [6.07, 6.45) is 2.35. The molecule has 0 unspecified atom stereocenters. The van der Waals surface area contributed by atoms with Crippen LogP contribution >= 0.6 is 0 Å². The largest absolute Gasteiger partial charge is 0.352 e. The molecule has 2 aromatic rings. The highest BCUT2D eigenvalue weighted by molar-refractivity contribution is 5.77. The monoisotopic (exact) mass is 392 g/mol. The SMILES string of the molecule is CCCCn1c(=O)[nH]c(=O)c2c1nc(CCC(=O)N[C@@H](C)CN)n2CC(C)C. The zero-order valence-corrected chi connectivity index (χ0v) is 17.2. The van der Waals surface area contributed by atoms with Crippen LogP contribution in [0.15, 0.2) is 9.59 Å². The number of carbonyl (C=O) groups is 1. The number of aromatic amines is 1. The first-order valence-corrected chi connectivity index (χ1v) is 10.00. The van der Waals surface area contributed by atoms with Crippen molar-refractivity contribution in [2.24, 2.45) is 11.7 Å². The smallest absolute Gasteiger partial charge is 0.330 e. The van der Waals surface area contributed by atoms with Crippen LogP contribution in [0.5, 0.6) is 0 Å². The molecule has 0 saturated heterocycles. The summed E-state index contributed by atoms with van der Waals surface area (Å²) in [6, 6.07) is -0.0935. The number of hydrogen-bond donors (Lipinski definition) is 3. The summed E-state index contributed by atoms with van der Waals surface area (Å²) in [4.78, 5) is 44.0. The molecule has 2 rings (SSSR count). The molecular formula is C19H32N6O3. The second-order valence-corrected chi connectivity index (χ2v) is 7.67. The van der Waals surface area contributed by atoms with E-state index in [1.165, 1.54) is 4.57 Å². The van der Waals surface area contributed by atoms with E-state index in [0.717, 1.165) is 12.8 Å². The van der Waals surface area contributed by atoms with Gasteiger partial charge in [0.15, 0.2) is 11.2 Å². The molecule has 0 saturated carbocycles. The van der Waals surface area contributed by atoms with E-state index >= 15 is 0 Å². The van der Waals surface area contributed by atoms with Gasteiger partial charge in [0.25, 0.3) is 5.56 Å². The van der Waals surface area contributed by atoms with Crippen molar-refractivity contribution in [2.45, 2.75) is 72.5 Å². The van der Waals surface area contributed by atoms with Crippen molar-refractivity contribution in [2.75, 3.05) is 6.54 Å². The van der Waals surface area contributed by atoms with Gasteiger partial charge in [0.1, 0.15) is 5.82 Å². The molecule has 156 valence electrons. The molecule has 1 amide bonds. The van der Waals surface area contributed by atoms with Crippen molar-refractivity contribution >= 4 is 17.1 Å². The molecule has 28 heavy (non-hydrogen) atoms. The second-order valence-electron chi connectivity index (χ2n) is 7.67. The first-order valence-electron chi connectivity index (χ1n) is 10.00. The first-order chi connectivity index (χ1) is 13.3. The number of aryl methyl sites for hydroxylation is 2. The van der Waals surface area contributed by atoms with Crippen LogP contribution in [0.3, 0.4) is 0 Å². The van der Waals surface area contributed by atoms with Crippen LogP contribution < -0.4 is 22.3 Å². The predicted octanol–water partition coefficient (Wildman–Crippen LogP) is 0.738. The van der Waals surface area contributed by atoms with Crippen LogP contribution in [0, 0.1) is 5.92 Å². The highest BCUT2D eigenvalue weighted by Crippen LogP contribution is 2.16. The minimum Gasteiger partial charge on any atom is -0.352 e. The Morgan fingerprint density at radius 1 is 1.25 bits per heavy atom. The molecule has 2 heterocycles. The van der Waals surface area contributed by atoms with Crippen molar-refractivity contribution < 1.29 is 4.79 Å². The number of nitrogens with one attached hydrogen (secondary N) is 2. The van der Waals surface area contributed by atoms with Crippen LogP contribution in [-0.2, 0) is 24.3 Å². The molecule has 4 N–H and O–H groups in total. The molecule has 0 aliphatic heterocycles. The molecule has 0 fully saturated rings. The number of H-pyrrole nitrogens is 1. The van der Waals surface area contributed by atoms with Crippen molar-refractivity contribution in [3.63, 3.8) is 0 Å². The lowest BCUT2D eigenvalue weighted by Crippen LogP contribution is -2.37. The van der Waals surface area contributed by atoms with Crippen LogP contribution in [-0.4, -0.2) is 37.6 Å². The van der Waals surface area contributed by atoms with Crippen molar-refractivity contribution in [1.82, 2.24) is 24.4 Å². The van der Waals surface area contributed by atoms with Crippen LogP contribution in [0.1, 0.15) is 52.8 Å². The minimum absolute atomic E-state index is 0.0935. The number of nitrogens with zero attached hydrogens (tertiary/aromatic N) is 3. The second kappa shape index (κ2) is 9.68. The Hall–Kier alpha value is -2.42. The maximum atomic E-state index is 12.5. The summed E-state index contributed by atoms with van der Waals surface area (Å²) in [5, 5.41) is 2.83. The fourth-order valence-electron chi connectivity index (χ4n) is 3.13. The number of amides is 1. The topological polar surface area (TPSA) is 128 Å². The summed E-state index contributed by atoms with van der Waals surface area (Å²) in [5.41, 5.74) is 5.46. The molecule has 0 aliphatic rings. The highest BCUT2D eigenvalue weighted by Gasteiger charge is 2.20. The third-order valence-electron chi connectivity index (χ3n) is 4.58. The van der Waals surface area contributed by atoms with Crippen LogP contribution in [0.2, 0.25) is 0 Å². The Morgan fingerprint density at radius 2 is 1.96 bits per heavy atom. The number of aromatic nitrogens is 4. The van der Waals surface area contributed by atoms with Gasteiger partial charge in [-0.15, -0.1) is 0 Å². The van der Waals surface area contributed by atoms with Gasteiger partial charge in [-0.2, -0.15) is 0 Å². The summed E-state index contributed by atoms with van der Waals surface area (Å²) in [7, 11) is 0. The summed E-state index contributed by atoms with van der Waals surface area (Å²) < 4.78 is 3.37. The fourth-order valence-corrected chi connectivity index (χ4v) is 3.13. The lowest BCUT2D eigenvalue weighted by molar-refractivity contribution is -0.121. The molecular weight excluding hydrogens is 360 g/mol. The van der Waals surface area contributed by atoms with Gasteiger partial charge in [0.05, 0.1) is 0 Å². The minimum atomic E-state index is -0.443. The van der Waals surface area contributed by atoms with E-state index < -0.39 is 11.2 Å². The van der Waals surface area contributed by atoms with Gasteiger partial charge >= 0.3 is 5.69 Å². The third-order valence-corrected chi connectivity index (χ3v) is 4.58. The number of carbonyl (C=O) groups excluding carboxylic acids is 1. The van der Waals surface area contributed by atoms with Gasteiger partial charge in [0, 0.05) is 38.5 Å². The Balaban J connectivity index is 2.46. The van der Waals surface area contributed by atoms with E-state index in [1.807, 2.05) is 32.3 Å². The van der Waals surface area contributed by atoms with E-state index in [-0.39, 0.29) is 24.3 Å². The number of hydrogen-bond acceptors (Lipinski definition) is 5. The third kappa shape index (κ3) is 5.09. The highest BCUT2D eigenvalue weighted by atomic mass is 16.2. The van der Waals surface area contributed by atoms with Crippen LogP contribution in [0.4, 0.5) is 0 Å². The first kappa shape index (κ1) is 21.9. The molecule has 0 bridgehead atoms. The lowest BCUT2D eigenvalue weighted by Gasteiger charge is -2.13. The van der Waals surface area contributed by atoms with E-state index in [9.17, 15) is 14.4 Å². The molecule has 0 aliphatic carbocycles. The summed E-state index contributed by atoms with van der Waals surface area (Å²) >= 11 is 0. The molecule has 2 aromatic heterocycles. The van der Waals surface area contributed by atoms with Crippen molar-refractivity contribution in [3.05, 3.63) is 26.7 Å². The van der Waals surface area contributed by atoms with Gasteiger partial charge in [-0.1, -0.05) is 27.2 Å². The molecule has 0 aromatic carbocycles. The molecule has 9 nitrogen and oxygen atoms in total. The maximum Gasteiger partial charge on any atom is 0.330 e. The molecule has 0 spiro atoms. The number of rotatable bonds is 10. The van der Waals surface area contributed by atoms with Crippen molar-refractivity contribution in [1.29, 1.82) is 0 Å². The van der Waals surface area contributed by atoms with Gasteiger partial charge in [-0.25, -0.2) is 9.78 Å². The van der Waals surface area contributed by atoms with E-state index in [1.54, 1.807) is 0 Å². The van der Waals surface area contributed by atoms with Gasteiger partial charge in [-0.3, -0.25) is 19.1 Å². The summed E-state index contributed by atoms with van der Waals surface area (Å²) in [6.45, 7) is 9.43. The average Bonchev–Trinajstić information content (AvgIpc) is 2.97. The normalized spacial score (nSPS) is 12.6. The van der Waals surface area contributed by atoms with Gasteiger partial charge < -0.3 is 15.6 Å². The molecule has 1 atom stereocenters. The standard InChI is InChI=1S/C19H32N6O3/c1-5-6-9-24-17-16(18(27)23-19(24)28)25(11-12(2)3)14(22-17)7-8-15(26)21-13(4)10-20/h12-13H,5-11,20H2,1-4H3,(H,21,26)(H,23,27,28)/t13-/m0/s1. The zero-order chi connectivity index (χ0) is 20.8. The Kier molecular flexibility index (Phi) is 7.56. The number of fused-ring (bicyclic) bond motifs is 1. The lowest BCUT2D eigenvalue weighted by atomic mass is 10.2. The Labute approximate surface area is 164 Å². The van der Waals surface area contributed by atoms with E-state index in [4.69, 9.17) is 5.73 Å². The predicted molar refractivity (Wildman–Crippen MR) is 109 cm³/mol. The Morgan fingerprint density at radius 3 is 2.57 bits per heavy atom. The van der Waals surface area contributed by atoms with Crippen LogP contribution in [0.25, 0.3) is 11.2 Å². The van der Waals surface area contributed by atoms with E-state index in [0.29, 0.717) is 43.0 Å². The zero-order valence-electron chi connectivity index (χ0n) is 17.2.